The number of likely N-dealkylation sites (tertiary alicyclic amines) is 1. The molecule has 5 rings (SSSR count). The van der Waals surface area contributed by atoms with Crippen molar-refractivity contribution in [1.29, 1.82) is 0 Å². The number of carbonyl (C=O) groups excluding carboxylic acids is 1. The molecule has 1 amide bonds. The van der Waals surface area contributed by atoms with Crippen LogP contribution in [0.15, 0.2) is 41.8 Å². The first-order valence-electron chi connectivity index (χ1n) is 9.90. The van der Waals surface area contributed by atoms with E-state index < -0.39 is 0 Å². The molecule has 0 aliphatic carbocycles. The minimum absolute atomic E-state index is 0.0359. The molecule has 154 valence electrons. The lowest BCUT2D eigenvalue weighted by molar-refractivity contribution is 0.0708. The number of methoxy groups -OCH3 is 1. The highest BCUT2D eigenvalue weighted by molar-refractivity contribution is 7.13. The number of nitrogens with zero attached hydrogens (tertiary/aromatic N) is 6. The van der Waals surface area contributed by atoms with Gasteiger partial charge in [-0.2, -0.15) is 4.80 Å². The van der Waals surface area contributed by atoms with Gasteiger partial charge in [-0.05, 0) is 53.8 Å². The van der Waals surface area contributed by atoms with Crippen LogP contribution in [-0.4, -0.2) is 55.3 Å². The summed E-state index contributed by atoms with van der Waals surface area (Å²) in [5, 5.41) is 15.8. The van der Waals surface area contributed by atoms with Crippen molar-refractivity contribution in [3.8, 4) is 16.5 Å². The van der Waals surface area contributed by atoms with Gasteiger partial charge in [0.05, 0.1) is 24.6 Å². The van der Waals surface area contributed by atoms with Gasteiger partial charge in [-0.25, -0.2) is 0 Å². The van der Waals surface area contributed by atoms with Crippen LogP contribution in [-0.2, 0) is 13.6 Å². The lowest BCUT2D eigenvalue weighted by Crippen LogP contribution is -2.39. The van der Waals surface area contributed by atoms with Crippen LogP contribution >= 0.6 is 11.3 Å². The second-order valence-corrected chi connectivity index (χ2v) is 8.40. The number of hydrogen-bond donors (Lipinski definition) is 0. The normalized spacial score (nSPS) is 16.5. The Balaban J connectivity index is 1.38. The van der Waals surface area contributed by atoms with Crippen molar-refractivity contribution < 1.29 is 9.53 Å². The fourth-order valence-corrected chi connectivity index (χ4v) is 4.76. The van der Waals surface area contributed by atoms with Crippen LogP contribution in [0.4, 0.5) is 0 Å². The van der Waals surface area contributed by atoms with Crippen LogP contribution in [0.1, 0.15) is 23.3 Å². The summed E-state index contributed by atoms with van der Waals surface area (Å²) >= 11 is 1.59. The maximum absolute atomic E-state index is 13.4. The molecule has 0 N–H and O–H groups in total. The van der Waals surface area contributed by atoms with Crippen molar-refractivity contribution in [2.75, 3.05) is 13.7 Å². The molecule has 1 unspecified atom stereocenters. The molecule has 1 aliphatic rings. The fourth-order valence-electron chi connectivity index (χ4n) is 4.11. The zero-order valence-corrected chi connectivity index (χ0v) is 17.7. The summed E-state index contributed by atoms with van der Waals surface area (Å²) in [6.45, 7) is 1.28. The Bertz CT molecular complexity index is 1200. The van der Waals surface area contributed by atoms with E-state index in [0.29, 0.717) is 18.1 Å². The molecule has 3 aromatic heterocycles. The number of rotatable bonds is 5. The molecule has 0 radical (unpaired) electrons. The van der Waals surface area contributed by atoms with Gasteiger partial charge >= 0.3 is 0 Å². The number of thiophene rings is 1. The van der Waals surface area contributed by atoms with Gasteiger partial charge in [-0.1, -0.05) is 6.07 Å². The molecular weight excluding hydrogens is 400 g/mol. The van der Waals surface area contributed by atoms with Crippen molar-refractivity contribution in [3.63, 3.8) is 0 Å². The molecule has 1 aromatic carbocycles. The molecule has 4 heterocycles. The Morgan fingerprint density at radius 1 is 1.30 bits per heavy atom. The summed E-state index contributed by atoms with van der Waals surface area (Å²) in [5.74, 6) is 1.45. The lowest BCUT2D eigenvalue weighted by atomic mass is 10.2. The Hall–Kier alpha value is -3.20. The van der Waals surface area contributed by atoms with Crippen LogP contribution in [0.5, 0.6) is 5.75 Å². The molecule has 1 saturated heterocycles. The van der Waals surface area contributed by atoms with E-state index in [1.807, 2.05) is 58.3 Å². The van der Waals surface area contributed by atoms with E-state index in [0.717, 1.165) is 40.9 Å². The smallest absolute Gasteiger partial charge is 0.270 e. The largest absolute Gasteiger partial charge is 0.497 e. The molecule has 9 heteroatoms. The third kappa shape index (κ3) is 3.24. The zero-order chi connectivity index (χ0) is 20.7. The van der Waals surface area contributed by atoms with E-state index in [4.69, 9.17) is 4.74 Å². The van der Waals surface area contributed by atoms with Gasteiger partial charge < -0.3 is 14.2 Å². The molecule has 0 spiro atoms. The van der Waals surface area contributed by atoms with Gasteiger partial charge in [0.2, 0.25) is 5.82 Å². The molecule has 30 heavy (non-hydrogen) atoms. The number of hydrogen-bond acceptors (Lipinski definition) is 6. The second kappa shape index (κ2) is 7.56. The maximum atomic E-state index is 13.4. The summed E-state index contributed by atoms with van der Waals surface area (Å²) in [6, 6.07) is 11.8. The number of carbonyl (C=O) groups is 1. The van der Waals surface area contributed by atoms with Crippen LogP contribution in [0, 0.1) is 0 Å². The van der Waals surface area contributed by atoms with E-state index in [-0.39, 0.29) is 11.9 Å². The van der Waals surface area contributed by atoms with Crippen LogP contribution < -0.4 is 4.74 Å². The molecule has 1 atom stereocenters. The first-order chi connectivity index (χ1) is 14.6. The average molecular weight is 423 g/mol. The SMILES string of the molecule is COc1ccc2c(c1)cc(C(=O)N1CCCC1Cn1nnc(-c3cccs3)n1)n2C. The van der Waals surface area contributed by atoms with Gasteiger partial charge in [0.25, 0.3) is 5.91 Å². The summed E-state index contributed by atoms with van der Waals surface area (Å²) in [6.07, 6.45) is 1.90. The third-order valence-electron chi connectivity index (χ3n) is 5.68. The van der Waals surface area contributed by atoms with Gasteiger partial charge in [0.15, 0.2) is 0 Å². The van der Waals surface area contributed by atoms with E-state index in [2.05, 4.69) is 15.4 Å². The number of amides is 1. The van der Waals surface area contributed by atoms with Crippen molar-refractivity contribution in [2.24, 2.45) is 7.05 Å². The van der Waals surface area contributed by atoms with E-state index >= 15 is 0 Å². The van der Waals surface area contributed by atoms with Gasteiger partial charge in [0, 0.05) is 24.5 Å². The van der Waals surface area contributed by atoms with Crippen LogP contribution in [0.3, 0.4) is 0 Å². The predicted octanol–water partition coefficient (Wildman–Crippen LogP) is 3.21. The number of benzene rings is 1. The summed E-state index contributed by atoms with van der Waals surface area (Å²) in [4.78, 5) is 17.9. The first kappa shape index (κ1) is 18.8. The number of tetrazole rings is 1. The van der Waals surface area contributed by atoms with E-state index in [1.54, 1.807) is 23.2 Å². The fraction of sp³-hybridized carbons (Fsp3) is 0.333. The Kier molecular flexibility index (Phi) is 4.74. The molecule has 8 nitrogen and oxygen atoms in total. The average Bonchev–Trinajstić information content (AvgIpc) is 3.55. The highest BCUT2D eigenvalue weighted by Crippen LogP contribution is 2.27. The van der Waals surface area contributed by atoms with Gasteiger partial charge in [-0.3, -0.25) is 4.79 Å². The molecule has 0 bridgehead atoms. The highest BCUT2D eigenvalue weighted by atomic mass is 32.1. The number of aryl methyl sites for hydroxylation is 1. The molecule has 0 saturated carbocycles. The molecular formula is C21H22N6O2S. The topological polar surface area (TPSA) is 78.1 Å². The van der Waals surface area contributed by atoms with Crippen molar-refractivity contribution in [2.45, 2.75) is 25.4 Å². The van der Waals surface area contributed by atoms with E-state index in [1.165, 1.54) is 0 Å². The Labute approximate surface area is 177 Å². The van der Waals surface area contributed by atoms with Gasteiger partial charge in [0.1, 0.15) is 11.4 Å². The summed E-state index contributed by atoms with van der Waals surface area (Å²) in [7, 11) is 3.58. The standard InChI is InChI=1S/C21H22N6O2S/c1-25-17-8-7-16(29-2)11-14(17)12-18(25)21(28)26-9-3-5-15(26)13-27-23-20(22-24-27)19-6-4-10-30-19/h4,6-8,10-12,15H,3,5,9,13H2,1-2H3. The zero-order valence-electron chi connectivity index (χ0n) is 16.9. The minimum Gasteiger partial charge on any atom is -0.497 e. The van der Waals surface area contributed by atoms with Crippen molar-refractivity contribution >= 4 is 28.1 Å². The van der Waals surface area contributed by atoms with Crippen molar-refractivity contribution in [1.82, 2.24) is 29.7 Å². The lowest BCUT2D eigenvalue weighted by Gasteiger charge is -2.24. The maximum Gasteiger partial charge on any atom is 0.270 e. The first-order valence-corrected chi connectivity index (χ1v) is 10.8. The minimum atomic E-state index is 0.0359. The summed E-state index contributed by atoms with van der Waals surface area (Å²) in [5.41, 5.74) is 1.68. The predicted molar refractivity (Wildman–Crippen MR) is 115 cm³/mol. The van der Waals surface area contributed by atoms with Gasteiger partial charge in [-0.15, -0.1) is 21.5 Å². The third-order valence-corrected chi connectivity index (χ3v) is 6.54. The second-order valence-electron chi connectivity index (χ2n) is 7.45. The number of aromatic nitrogens is 5. The quantitative estimate of drug-likeness (QED) is 0.494. The Morgan fingerprint density at radius 2 is 2.20 bits per heavy atom. The Morgan fingerprint density at radius 3 is 3.00 bits per heavy atom. The highest BCUT2D eigenvalue weighted by Gasteiger charge is 2.32. The van der Waals surface area contributed by atoms with Crippen LogP contribution in [0.25, 0.3) is 21.6 Å². The van der Waals surface area contributed by atoms with Crippen LogP contribution in [0.2, 0.25) is 0 Å². The number of fused-ring (bicyclic) bond motifs is 1. The molecule has 1 aliphatic heterocycles. The monoisotopic (exact) mass is 422 g/mol. The summed E-state index contributed by atoms with van der Waals surface area (Å²) < 4.78 is 7.27. The molecule has 4 aromatic rings. The van der Waals surface area contributed by atoms with E-state index in [9.17, 15) is 4.79 Å². The molecule has 1 fully saturated rings. The van der Waals surface area contributed by atoms with Crippen molar-refractivity contribution in [3.05, 3.63) is 47.5 Å². The number of ether oxygens (including phenoxy) is 1.